The summed E-state index contributed by atoms with van der Waals surface area (Å²) in [7, 11) is 0. The molecule has 1 fully saturated rings. The first-order valence-corrected chi connectivity index (χ1v) is 7.31. The van der Waals surface area contributed by atoms with Gasteiger partial charge in [-0.15, -0.1) is 0 Å². The van der Waals surface area contributed by atoms with Crippen LogP contribution in [-0.2, 0) is 4.74 Å². The first-order valence-electron chi connectivity index (χ1n) is 7.31. The smallest absolute Gasteiger partial charge is 0.290 e. The number of aromatic amines is 1. The van der Waals surface area contributed by atoms with Crippen LogP contribution in [0.2, 0.25) is 0 Å². The normalized spacial score (nSPS) is 30.4. The van der Waals surface area contributed by atoms with Crippen LogP contribution in [0.5, 0.6) is 0 Å². The molecule has 24 heavy (non-hydrogen) atoms. The molecule has 10 nitrogen and oxygen atoms in total. The molecular formula is C14H15N5O5. The minimum atomic E-state index is -1.66. The van der Waals surface area contributed by atoms with E-state index in [1.54, 1.807) is 6.20 Å². The minimum absolute atomic E-state index is 0.213. The molecule has 4 N–H and O–H groups in total. The van der Waals surface area contributed by atoms with Crippen molar-refractivity contribution in [1.29, 1.82) is 0 Å². The molecule has 0 radical (unpaired) electrons. The summed E-state index contributed by atoms with van der Waals surface area (Å²) in [6.07, 6.45) is 1.21. The molecule has 3 aromatic heterocycles. The van der Waals surface area contributed by atoms with E-state index >= 15 is 0 Å². The molecule has 0 unspecified atom stereocenters. The Hall–Kier alpha value is -2.40. The molecule has 0 saturated carbocycles. The number of hydrogen-bond acceptors (Lipinski definition) is 8. The summed E-state index contributed by atoms with van der Waals surface area (Å²) in [5.41, 5.74) is -1.51. The van der Waals surface area contributed by atoms with Crippen molar-refractivity contribution < 1.29 is 20.1 Å². The van der Waals surface area contributed by atoms with Gasteiger partial charge in [0, 0.05) is 23.2 Å². The Morgan fingerprint density at radius 1 is 1.46 bits per heavy atom. The number of aromatic nitrogens is 5. The molecule has 1 aliphatic rings. The van der Waals surface area contributed by atoms with Crippen LogP contribution < -0.4 is 5.56 Å². The number of rotatable bonds is 2. The fourth-order valence-corrected chi connectivity index (χ4v) is 3.07. The van der Waals surface area contributed by atoms with E-state index in [1.807, 2.05) is 0 Å². The summed E-state index contributed by atoms with van der Waals surface area (Å²) in [5.74, 6) is 0. The van der Waals surface area contributed by atoms with Crippen molar-refractivity contribution >= 4 is 21.8 Å². The maximum atomic E-state index is 11.9. The Kier molecular flexibility index (Phi) is 3.18. The third kappa shape index (κ3) is 1.97. The van der Waals surface area contributed by atoms with Gasteiger partial charge in [0.05, 0.1) is 12.8 Å². The van der Waals surface area contributed by atoms with Gasteiger partial charge in [-0.05, 0) is 6.92 Å². The highest BCUT2D eigenvalue weighted by atomic mass is 16.6. The Bertz CT molecular complexity index is 981. The van der Waals surface area contributed by atoms with Crippen molar-refractivity contribution in [1.82, 2.24) is 25.0 Å². The van der Waals surface area contributed by atoms with Gasteiger partial charge in [-0.2, -0.15) is 10.2 Å². The Morgan fingerprint density at radius 2 is 2.25 bits per heavy atom. The average molecular weight is 333 g/mol. The standard InChI is InChI=1S/C14H15N5O5/c1-14(23)11(21)8(5-20)24-13(14)19-4-6-2-15-10-9(6)7(18-19)3-16-17-12(10)22/h2-4,8,11,13,20-21,23H,5H2,1H3,(H,17,22)/t8-,11-,13-,14-/m1/s1. The zero-order valence-electron chi connectivity index (χ0n) is 12.6. The number of H-pyrrole nitrogens is 1. The van der Waals surface area contributed by atoms with E-state index in [1.165, 1.54) is 24.0 Å². The second-order valence-corrected chi connectivity index (χ2v) is 6.01. The zero-order chi connectivity index (χ0) is 17.1. The van der Waals surface area contributed by atoms with Gasteiger partial charge in [0.2, 0.25) is 0 Å². The fourth-order valence-electron chi connectivity index (χ4n) is 3.07. The third-order valence-corrected chi connectivity index (χ3v) is 4.35. The average Bonchev–Trinajstić information content (AvgIpc) is 3.01. The summed E-state index contributed by atoms with van der Waals surface area (Å²) in [4.78, 5) is 16.0. The maximum absolute atomic E-state index is 11.9. The van der Waals surface area contributed by atoms with Crippen molar-refractivity contribution in [2.45, 2.75) is 31.0 Å². The third-order valence-electron chi connectivity index (χ3n) is 4.35. The van der Waals surface area contributed by atoms with Crippen molar-refractivity contribution in [2.75, 3.05) is 6.61 Å². The van der Waals surface area contributed by atoms with Crippen molar-refractivity contribution in [3.63, 3.8) is 0 Å². The predicted octanol–water partition coefficient (Wildman–Crippen LogP) is -1.33. The molecule has 3 aromatic rings. The summed E-state index contributed by atoms with van der Waals surface area (Å²) in [6.45, 7) is 0.966. The van der Waals surface area contributed by atoms with Crippen LogP contribution in [0.25, 0.3) is 21.8 Å². The van der Waals surface area contributed by atoms with Crippen LogP contribution >= 0.6 is 0 Å². The molecule has 1 saturated heterocycles. The van der Waals surface area contributed by atoms with Crippen LogP contribution in [0.1, 0.15) is 13.2 Å². The summed E-state index contributed by atoms with van der Waals surface area (Å²) >= 11 is 0. The second-order valence-electron chi connectivity index (χ2n) is 6.01. The Morgan fingerprint density at radius 3 is 2.96 bits per heavy atom. The van der Waals surface area contributed by atoms with Gasteiger partial charge in [0.25, 0.3) is 5.56 Å². The van der Waals surface area contributed by atoms with E-state index < -0.39 is 36.2 Å². The monoisotopic (exact) mass is 333 g/mol. The van der Waals surface area contributed by atoms with E-state index in [4.69, 9.17) is 4.74 Å². The quantitative estimate of drug-likeness (QED) is 0.451. The number of aliphatic hydroxyl groups is 3. The molecule has 4 heterocycles. The highest BCUT2D eigenvalue weighted by Gasteiger charge is 2.53. The lowest BCUT2D eigenvalue weighted by Gasteiger charge is -2.27. The lowest BCUT2D eigenvalue weighted by molar-refractivity contribution is -0.102. The summed E-state index contributed by atoms with van der Waals surface area (Å²) in [6, 6.07) is 0. The lowest BCUT2D eigenvalue weighted by atomic mass is 9.97. The SMILES string of the molecule is C[C@@]1(O)[C@H](O)[C@@H](CO)O[C@H]1n1cc2cnc3c(=O)[nH]ncc(n1)c23. The molecule has 0 amide bonds. The fraction of sp³-hybridized carbons (Fsp3) is 0.429. The van der Waals surface area contributed by atoms with Gasteiger partial charge in [-0.1, -0.05) is 0 Å². The Balaban J connectivity index is 1.93. The van der Waals surface area contributed by atoms with Gasteiger partial charge in [-0.3, -0.25) is 4.79 Å². The van der Waals surface area contributed by atoms with Gasteiger partial charge in [0.15, 0.2) is 6.23 Å². The number of nitrogens with zero attached hydrogens (tertiary/aromatic N) is 4. The van der Waals surface area contributed by atoms with E-state index in [9.17, 15) is 20.1 Å². The van der Waals surface area contributed by atoms with Gasteiger partial charge < -0.3 is 20.1 Å². The van der Waals surface area contributed by atoms with Crippen molar-refractivity contribution in [3.8, 4) is 0 Å². The zero-order valence-corrected chi connectivity index (χ0v) is 12.6. The molecule has 0 aromatic carbocycles. The highest BCUT2D eigenvalue weighted by molar-refractivity contribution is 6.05. The van der Waals surface area contributed by atoms with E-state index in [0.29, 0.717) is 16.3 Å². The molecule has 126 valence electrons. The van der Waals surface area contributed by atoms with Crippen LogP contribution in [-0.4, -0.2) is 64.7 Å². The van der Waals surface area contributed by atoms with E-state index in [-0.39, 0.29) is 5.52 Å². The van der Waals surface area contributed by atoms with E-state index in [2.05, 4.69) is 20.3 Å². The Labute approximate surface area is 134 Å². The lowest BCUT2D eigenvalue weighted by Crippen LogP contribution is -2.44. The molecule has 4 atom stereocenters. The van der Waals surface area contributed by atoms with Crippen LogP contribution in [0.3, 0.4) is 0 Å². The molecule has 4 rings (SSSR count). The molecule has 0 aliphatic carbocycles. The van der Waals surface area contributed by atoms with Crippen LogP contribution in [0.4, 0.5) is 0 Å². The minimum Gasteiger partial charge on any atom is -0.394 e. The van der Waals surface area contributed by atoms with Gasteiger partial charge in [-0.25, -0.2) is 14.8 Å². The van der Waals surface area contributed by atoms with Crippen LogP contribution in [0, 0.1) is 0 Å². The predicted molar refractivity (Wildman–Crippen MR) is 81.1 cm³/mol. The first kappa shape index (κ1) is 15.1. The largest absolute Gasteiger partial charge is 0.394 e. The maximum Gasteiger partial charge on any atom is 0.290 e. The number of aliphatic hydroxyl groups excluding tert-OH is 2. The van der Waals surface area contributed by atoms with Crippen molar-refractivity contribution in [2.24, 2.45) is 0 Å². The van der Waals surface area contributed by atoms with Gasteiger partial charge in [0.1, 0.15) is 28.8 Å². The van der Waals surface area contributed by atoms with Crippen molar-refractivity contribution in [3.05, 3.63) is 28.9 Å². The molecular weight excluding hydrogens is 318 g/mol. The second kappa shape index (κ2) is 5.05. The molecule has 1 aliphatic heterocycles. The first-order chi connectivity index (χ1) is 11.4. The number of nitrogens with one attached hydrogen (secondary N) is 1. The number of ether oxygens (including phenoxy) is 1. The topological polar surface area (TPSA) is 146 Å². The van der Waals surface area contributed by atoms with Crippen LogP contribution in [0.15, 0.2) is 23.4 Å². The molecule has 10 heteroatoms. The molecule has 0 spiro atoms. The summed E-state index contributed by atoms with van der Waals surface area (Å²) in [5, 5.41) is 41.6. The summed E-state index contributed by atoms with van der Waals surface area (Å²) < 4.78 is 6.89. The van der Waals surface area contributed by atoms with E-state index in [0.717, 1.165) is 0 Å². The highest BCUT2D eigenvalue weighted by Crippen LogP contribution is 2.38. The number of hydrogen-bond donors (Lipinski definition) is 4. The molecule has 0 bridgehead atoms. The van der Waals surface area contributed by atoms with Gasteiger partial charge >= 0.3 is 0 Å².